The zero-order valence-electron chi connectivity index (χ0n) is 22.7. The van der Waals surface area contributed by atoms with Gasteiger partial charge in [0.05, 0.1) is 0 Å². The van der Waals surface area contributed by atoms with Gasteiger partial charge in [-0.15, -0.1) is 0 Å². The summed E-state index contributed by atoms with van der Waals surface area (Å²) in [6.07, 6.45) is 13.1. The number of unbranched alkanes of at least 4 members (excludes halogenated alkanes) is 2. The molecule has 2 atom stereocenters. The Hall–Kier alpha value is 0.704. The molecule has 2 unspecified atom stereocenters. The molecule has 0 fully saturated rings. The molecule has 0 rings (SSSR count). The van der Waals surface area contributed by atoms with Gasteiger partial charge in [-0.05, 0) is 50.9 Å². The third-order valence-electron chi connectivity index (χ3n) is 6.70. The Morgan fingerprint density at radius 2 is 0.839 bits per heavy atom. The van der Waals surface area contributed by atoms with Crippen molar-refractivity contribution in [1.82, 2.24) is 0 Å². The Bertz CT molecular complexity index is 339. The molecule has 0 saturated heterocycles. The second-order valence-corrected chi connectivity index (χ2v) is 19.9. The summed E-state index contributed by atoms with van der Waals surface area (Å²) in [5, 5.41) is 0. The van der Waals surface area contributed by atoms with Crippen LogP contribution in [0.1, 0.15) is 120 Å². The van der Waals surface area contributed by atoms with Gasteiger partial charge in [0.1, 0.15) is 0 Å². The average molecular weight is 491 g/mol. The van der Waals surface area contributed by atoms with Crippen LogP contribution in [0.4, 0.5) is 0 Å². The van der Waals surface area contributed by atoms with E-state index in [1.54, 1.807) is 0 Å². The summed E-state index contributed by atoms with van der Waals surface area (Å²) in [5.41, 5.74) is 0. The first kappa shape index (κ1) is 31.7. The van der Waals surface area contributed by atoms with E-state index in [0.717, 1.165) is 23.0 Å². The average Bonchev–Trinajstić information content (AvgIpc) is 2.74. The van der Waals surface area contributed by atoms with Crippen LogP contribution >= 0.6 is 11.8 Å². The molecule has 0 amide bonds. The fraction of sp³-hybridized carbons (Fsp3) is 1.00. The molecule has 0 saturated carbocycles. The molecule has 0 N–H and O–H groups in total. The Morgan fingerprint density at radius 1 is 0.516 bits per heavy atom. The maximum Gasteiger partial charge on any atom is 0.205 e. The summed E-state index contributed by atoms with van der Waals surface area (Å²) in [7, 11) is -3.56. The molecule has 0 aromatic carbocycles. The predicted molar refractivity (Wildman–Crippen MR) is 149 cm³/mol. The highest BCUT2D eigenvalue weighted by Crippen LogP contribution is 2.44. The fourth-order valence-electron chi connectivity index (χ4n) is 5.52. The maximum atomic E-state index is 6.86. The largest absolute Gasteiger partial charge is 0.416 e. The smallest absolute Gasteiger partial charge is 0.205 e. The van der Waals surface area contributed by atoms with Gasteiger partial charge in [0.15, 0.2) is 0 Å². The zero-order chi connectivity index (χ0) is 23.6. The maximum absolute atomic E-state index is 6.86. The highest BCUT2D eigenvalue weighted by atomic mass is 32.2. The van der Waals surface area contributed by atoms with Gasteiger partial charge in [-0.2, -0.15) is 11.8 Å². The van der Waals surface area contributed by atoms with Crippen LogP contribution in [0.5, 0.6) is 0 Å². The summed E-state index contributed by atoms with van der Waals surface area (Å²) in [4.78, 5) is 1.46. The van der Waals surface area contributed by atoms with Crippen molar-refractivity contribution in [2.75, 3.05) is 13.2 Å². The van der Waals surface area contributed by atoms with E-state index in [2.05, 4.69) is 67.2 Å². The van der Waals surface area contributed by atoms with Crippen molar-refractivity contribution in [3.63, 3.8) is 0 Å². The quantitative estimate of drug-likeness (QED) is 0.141. The van der Waals surface area contributed by atoms with E-state index in [1.165, 1.54) is 88.4 Å². The van der Waals surface area contributed by atoms with Crippen LogP contribution in [0.25, 0.3) is 0 Å². The molecular weight excluding hydrogens is 433 g/mol. The third kappa shape index (κ3) is 10.7. The van der Waals surface area contributed by atoms with Gasteiger partial charge < -0.3 is 8.85 Å². The van der Waals surface area contributed by atoms with Crippen molar-refractivity contribution in [3.8, 4) is 0 Å². The molecule has 31 heavy (non-hydrogen) atoms. The Morgan fingerprint density at radius 3 is 1.06 bits per heavy atom. The molecule has 0 aliphatic heterocycles. The lowest BCUT2D eigenvalue weighted by molar-refractivity contribution is 0.311. The Kier molecular flexibility index (Phi) is 19.5. The zero-order valence-corrected chi connectivity index (χ0v) is 25.5. The second kappa shape index (κ2) is 19.1. The second-order valence-electron chi connectivity index (χ2n) is 9.39. The molecule has 0 aromatic heterocycles. The van der Waals surface area contributed by atoms with Crippen molar-refractivity contribution in [2.45, 2.75) is 154 Å². The number of rotatable bonds is 22. The number of hydrogen-bond acceptors (Lipinski definition) is 3. The van der Waals surface area contributed by atoms with Gasteiger partial charge in [0.2, 0.25) is 16.6 Å². The summed E-state index contributed by atoms with van der Waals surface area (Å²) in [5.74, 6) is 0. The van der Waals surface area contributed by atoms with Crippen LogP contribution in [0.3, 0.4) is 0 Å². The Balaban J connectivity index is 6.21. The molecule has 0 aliphatic carbocycles. The van der Waals surface area contributed by atoms with E-state index in [9.17, 15) is 0 Å². The highest BCUT2D eigenvalue weighted by molar-refractivity contribution is 8.03. The SMILES string of the molecule is CCCCC(SC(CCCC)[Si](CCC)(CCC)OCC)[Si](CCC)(CCC)OCC. The number of thioether (sulfide) groups is 1. The normalized spacial score (nSPS) is 14.7. The Labute approximate surface area is 203 Å². The van der Waals surface area contributed by atoms with E-state index in [4.69, 9.17) is 8.85 Å². The molecule has 0 spiro atoms. The molecule has 0 radical (unpaired) electrons. The number of hydrogen-bond donors (Lipinski definition) is 0. The van der Waals surface area contributed by atoms with Gasteiger partial charge in [-0.25, -0.2) is 0 Å². The van der Waals surface area contributed by atoms with Crippen molar-refractivity contribution in [3.05, 3.63) is 0 Å². The minimum absolute atomic E-state index is 0.732. The summed E-state index contributed by atoms with van der Waals surface area (Å²) >= 11 is 2.40. The minimum atomic E-state index is -1.78. The van der Waals surface area contributed by atoms with Crippen molar-refractivity contribution < 1.29 is 8.85 Å². The molecule has 5 heteroatoms. The molecule has 0 aliphatic rings. The first-order chi connectivity index (χ1) is 15.0. The van der Waals surface area contributed by atoms with Gasteiger partial charge >= 0.3 is 0 Å². The van der Waals surface area contributed by atoms with Crippen LogP contribution in [0.15, 0.2) is 0 Å². The molecule has 0 aromatic rings. The molecule has 0 bridgehead atoms. The van der Waals surface area contributed by atoms with E-state index in [0.29, 0.717) is 0 Å². The topological polar surface area (TPSA) is 18.5 Å². The molecule has 188 valence electrons. The highest BCUT2D eigenvalue weighted by Gasteiger charge is 2.48. The van der Waals surface area contributed by atoms with Crippen LogP contribution in [-0.2, 0) is 8.85 Å². The minimum Gasteiger partial charge on any atom is -0.416 e. The fourth-order valence-corrected chi connectivity index (χ4v) is 20.5. The lowest BCUT2D eigenvalue weighted by Gasteiger charge is -2.44. The van der Waals surface area contributed by atoms with Gasteiger partial charge in [0, 0.05) is 23.0 Å². The predicted octanol–water partition coefficient (Wildman–Crippen LogP) is 9.52. The van der Waals surface area contributed by atoms with Crippen molar-refractivity contribution >= 4 is 28.4 Å². The van der Waals surface area contributed by atoms with E-state index in [-0.39, 0.29) is 0 Å². The van der Waals surface area contributed by atoms with E-state index < -0.39 is 16.6 Å². The summed E-state index contributed by atoms with van der Waals surface area (Å²) < 4.78 is 13.7. The lowest BCUT2D eigenvalue weighted by Crippen LogP contribution is -2.54. The third-order valence-corrected chi connectivity index (χ3v) is 21.3. The van der Waals surface area contributed by atoms with Gasteiger partial charge in [-0.1, -0.05) is 92.9 Å². The van der Waals surface area contributed by atoms with Crippen LogP contribution < -0.4 is 0 Å². The molecule has 2 nitrogen and oxygen atoms in total. The van der Waals surface area contributed by atoms with Crippen LogP contribution in [0, 0.1) is 0 Å². The summed E-state index contributed by atoms with van der Waals surface area (Å²) in [6.45, 7) is 20.5. The summed E-state index contributed by atoms with van der Waals surface area (Å²) in [6, 6.07) is 5.34. The van der Waals surface area contributed by atoms with Crippen LogP contribution in [0.2, 0.25) is 24.2 Å². The van der Waals surface area contributed by atoms with E-state index in [1.807, 2.05) is 0 Å². The van der Waals surface area contributed by atoms with Crippen molar-refractivity contribution in [1.29, 1.82) is 0 Å². The molecule has 0 heterocycles. The first-order valence-electron chi connectivity index (χ1n) is 13.9. The van der Waals surface area contributed by atoms with Crippen LogP contribution in [-0.4, -0.2) is 39.6 Å². The molecular formula is C26H58O2SSi2. The van der Waals surface area contributed by atoms with E-state index >= 15 is 0 Å². The first-order valence-corrected chi connectivity index (χ1v) is 19.7. The lowest BCUT2D eigenvalue weighted by atomic mass is 10.3. The monoisotopic (exact) mass is 490 g/mol. The standard InChI is InChI=1S/C26H58O2SSi2/c1-9-17-19-25(30(21-11-3,22-12-4)27-15-7)29-26(20-18-10-2)31(23-13-5,24-14-6)28-16-8/h25-26H,9-24H2,1-8H3. The van der Waals surface area contributed by atoms with Crippen molar-refractivity contribution in [2.24, 2.45) is 0 Å². The van der Waals surface area contributed by atoms with Gasteiger partial charge in [0.25, 0.3) is 0 Å². The van der Waals surface area contributed by atoms with Gasteiger partial charge in [-0.3, -0.25) is 0 Å².